The summed E-state index contributed by atoms with van der Waals surface area (Å²) in [6.07, 6.45) is 1.80. The monoisotopic (exact) mass is 182 g/mol. The van der Waals surface area contributed by atoms with Gasteiger partial charge in [-0.3, -0.25) is 0 Å². The van der Waals surface area contributed by atoms with E-state index in [0.717, 1.165) is 23.4 Å². The van der Waals surface area contributed by atoms with Crippen molar-refractivity contribution in [3.8, 4) is 0 Å². The van der Waals surface area contributed by atoms with Crippen LogP contribution in [0.3, 0.4) is 0 Å². The first-order valence-corrected chi connectivity index (χ1v) is 4.59. The molecule has 0 unspecified atom stereocenters. The molecule has 1 aromatic rings. The topological polar surface area (TPSA) is 20.2 Å². The lowest BCUT2D eigenvalue weighted by atomic mass is 9.77. The van der Waals surface area contributed by atoms with Crippen LogP contribution in [0.5, 0.6) is 0 Å². The number of halogens is 1. The highest BCUT2D eigenvalue weighted by molar-refractivity contribution is 6.31. The number of rotatable bonds is 1. The standard InChI is InChI=1S/C10H11ClO/c11-9-4-2-1-3-7(9)8-5-6-10(8)12/h1-4,8,10,12H,5-6H2/t8-,10+/m0/s1. The van der Waals surface area contributed by atoms with Crippen LogP contribution in [0, 0.1) is 0 Å². The van der Waals surface area contributed by atoms with Crippen LogP contribution in [-0.2, 0) is 0 Å². The fourth-order valence-electron chi connectivity index (χ4n) is 1.62. The smallest absolute Gasteiger partial charge is 0.0609 e. The van der Waals surface area contributed by atoms with Gasteiger partial charge in [-0.05, 0) is 24.5 Å². The predicted octanol–water partition coefficient (Wildman–Crippen LogP) is 2.58. The molecule has 0 saturated heterocycles. The van der Waals surface area contributed by atoms with Gasteiger partial charge in [0.05, 0.1) is 6.10 Å². The van der Waals surface area contributed by atoms with Crippen LogP contribution in [0.15, 0.2) is 24.3 Å². The second-order valence-electron chi connectivity index (χ2n) is 3.27. The maximum atomic E-state index is 9.43. The molecule has 1 N–H and O–H groups in total. The van der Waals surface area contributed by atoms with Crippen molar-refractivity contribution < 1.29 is 5.11 Å². The summed E-state index contributed by atoms with van der Waals surface area (Å²) < 4.78 is 0. The van der Waals surface area contributed by atoms with E-state index in [-0.39, 0.29) is 12.0 Å². The molecule has 0 spiro atoms. The Balaban J connectivity index is 2.27. The van der Waals surface area contributed by atoms with Crippen LogP contribution in [-0.4, -0.2) is 11.2 Å². The zero-order valence-corrected chi connectivity index (χ0v) is 7.46. The maximum absolute atomic E-state index is 9.43. The second kappa shape index (κ2) is 3.08. The van der Waals surface area contributed by atoms with Crippen molar-refractivity contribution in [2.75, 3.05) is 0 Å². The third-order valence-corrected chi connectivity index (χ3v) is 2.89. The molecule has 0 aromatic heterocycles. The van der Waals surface area contributed by atoms with E-state index in [1.165, 1.54) is 0 Å². The van der Waals surface area contributed by atoms with E-state index in [2.05, 4.69) is 0 Å². The highest BCUT2D eigenvalue weighted by atomic mass is 35.5. The molecule has 2 rings (SSSR count). The van der Waals surface area contributed by atoms with Gasteiger partial charge in [0.1, 0.15) is 0 Å². The van der Waals surface area contributed by atoms with Gasteiger partial charge in [0, 0.05) is 10.9 Å². The first-order valence-electron chi connectivity index (χ1n) is 4.21. The average Bonchev–Trinajstić information content (AvgIpc) is 2.06. The van der Waals surface area contributed by atoms with Gasteiger partial charge in [-0.2, -0.15) is 0 Å². The summed E-state index contributed by atoms with van der Waals surface area (Å²) in [4.78, 5) is 0. The Kier molecular flexibility index (Phi) is 2.07. The zero-order chi connectivity index (χ0) is 8.55. The largest absolute Gasteiger partial charge is 0.392 e. The normalized spacial score (nSPS) is 28.2. The molecular weight excluding hydrogens is 172 g/mol. The number of aliphatic hydroxyl groups excluding tert-OH is 1. The average molecular weight is 183 g/mol. The van der Waals surface area contributed by atoms with Crippen LogP contribution >= 0.6 is 11.6 Å². The van der Waals surface area contributed by atoms with E-state index in [1.54, 1.807) is 0 Å². The molecule has 0 aliphatic heterocycles. The van der Waals surface area contributed by atoms with Crippen molar-refractivity contribution in [1.82, 2.24) is 0 Å². The third kappa shape index (κ3) is 1.23. The van der Waals surface area contributed by atoms with Gasteiger partial charge in [-0.1, -0.05) is 29.8 Å². The molecule has 1 aliphatic carbocycles. The molecule has 0 bridgehead atoms. The number of hydrogen-bond donors (Lipinski definition) is 1. The van der Waals surface area contributed by atoms with E-state index >= 15 is 0 Å². The minimum absolute atomic E-state index is 0.176. The van der Waals surface area contributed by atoms with E-state index in [9.17, 15) is 5.11 Å². The predicted molar refractivity (Wildman–Crippen MR) is 49.4 cm³/mol. The Labute approximate surface area is 77.0 Å². The van der Waals surface area contributed by atoms with E-state index in [0.29, 0.717) is 0 Å². The lowest BCUT2D eigenvalue weighted by Crippen LogP contribution is -2.28. The molecular formula is C10H11ClO. The Bertz CT molecular complexity index is 285. The Morgan fingerprint density at radius 3 is 2.50 bits per heavy atom. The molecule has 1 fully saturated rings. The first kappa shape index (κ1) is 8.09. The first-order chi connectivity index (χ1) is 5.79. The van der Waals surface area contributed by atoms with Crippen molar-refractivity contribution >= 4 is 11.6 Å². The summed E-state index contributed by atoms with van der Waals surface area (Å²) in [5, 5.41) is 10.2. The molecule has 1 aliphatic rings. The zero-order valence-electron chi connectivity index (χ0n) is 6.70. The van der Waals surface area contributed by atoms with Crippen molar-refractivity contribution in [2.45, 2.75) is 24.9 Å². The molecule has 64 valence electrons. The van der Waals surface area contributed by atoms with Crippen molar-refractivity contribution in [2.24, 2.45) is 0 Å². The molecule has 2 heteroatoms. The summed E-state index contributed by atoms with van der Waals surface area (Å²) in [5.74, 6) is 0.277. The molecule has 0 amide bonds. The lowest BCUT2D eigenvalue weighted by Gasteiger charge is -2.33. The summed E-state index contributed by atoms with van der Waals surface area (Å²) in [6.45, 7) is 0. The fraction of sp³-hybridized carbons (Fsp3) is 0.400. The van der Waals surface area contributed by atoms with Crippen LogP contribution in [0.1, 0.15) is 24.3 Å². The number of aliphatic hydroxyl groups is 1. The summed E-state index contributed by atoms with van der Waals surface area (Å²) in [6, 6.07) is 7.75. The quantitative estimate of drug-likeness (QED) is 0.708. The second-order valence-corrected chi connectivity index (χ2v) is 3.68. The number of benzene rings is 1. The Hall–Kier alpha value is -0.530. The molecule has 12 heavy (non-hydrogen) atoms. The van der Waals surface area contributed by atoms with Crippen LogP contribution in [0.25, 0.3) is 0 Å². The van der Waals surface area contributed by atoms with Crippen LogP contribution < -0.4 is 0 Å². The minimum Gasteiger partial charge on any atom is -0.392 e. The van der Waals surface area contributed by atoms with Crippen molar-refractivity contribution in [3.63, 3.8) is 0 Å². The highest BCUT2D eigenvalue weighted by Crippen LogP contribution is 2.39. The van der Waals surface area contributed by atoms with Gasteiger partial charge in [-0.15, -0.1) is 0 Å². The summed E-state index contributed by atoms with van der Waals surface area (Å²) in [5.41, 5.74) is 1.10. The molecule has 1 aromatic carbocycles. The lowest BCUT2D eigenvalue weighted by molar-refractivity contribution is 0.0662. The number of hydrogen-bond acceptors (Lipinski definition) is 1. The van der Waals surface area contributed by atoms with Gasteiger partial charge in [0.25, 0.3) is 0 Å². The van der Waals surface area contributed by atoms with E-state index in [1.807, 2.05) is 24.3 Å². The van der Waals surface area contributed by atoms with Gasteiger partial charge in [0.2, 0.25) is 0 Å². The third-order valence-electron chi connectivity index (χ3n) is 2.54. The Morgan fingerprint density at radius 1 is 1.25 bits per heavy atom. The van der Waals surface area contributed by atoms with Gasteiger partial charge < -0.3 is 5.11 Å². The van der Waals surface area contributed by atoms with E-state index in [4.69, 9.17) is 11.6 Å². The minimum atomic E-state index is -0.176. The SMILES string of the molecule is O[C@@H]1CC[C@H]1c1ccccc1Cl. The summed E-state index contributed by atoms with van der Waals surface area (Å²) >= 11 is 5.99. The summed E-state index contributed by atoms with van der Waals surface area (Å²) in [7, 11) is 0. The van der Waals surface area contributed by atoms with Gasteiger partial charge in [-0.25, -0.2) is 0 Å². The maximum Gasteiger partial charge on any atom is 0.0609 e. The Morgan fingerprint density at radius 2 is 2.00 bits per heavy atom. The molecule has 1 nitrogen and oxygen atoms in total. The molecule has 0 heterocycles. The fourth-order valence-corrected chi connectivity index (χ4v) is 1.90. The van der Waals surface area contributed by atoms with Gasteiger partial charge in [0.15, 0.2) is 0 Å². The van der Waals surface area contributed by atoms with Crippen molar-refractivity contribution in [1.29, 1.82) is 0 Å². The van der Waals surface area contributed by atoms with Crippen molar-refractivity contribution in [3.05, 3.63) is 34.9 Å². The molecule has 1 saturated carbocycles. The van der Waals surface area contributed by atoms with E-state index < -0.39 is 0 Å². The molecule has 0 radical (unpaired) electrons. The van der Waals surface area contributed by atoms with Gasteiger partial charge >= 0.3 is 0 Å². The van der Waals surface area contributed by atoms with Crippen LogP contribution in [0.2, 0.25) is 5.02 Å². The van der Waals surface area contributed by atoms with Crippen LogP contribution in [0.4, 0.5) is 0 Å². The highest BCUT2D eigenvalue weighted by Gasteiger charge is 2.31. The molecule has 2 atom stereocenters.